The van der Waals surface area contributed by atoms with Gasteiger partial charge in [-0.1, -0.05) is 62.4 Å². The standard InChI is InChI=1S/C30H37N5O9/c1-17(2)27(29(41)34-18(3)28(40)31-12-24(36)33-16-43-15-26(38)39)35-25(37)13-32-30(42)44-14-23-21-10-6-4-8-19(21)20-9-5-7-11-22(20)23/h4-11,17-18,23,27H,12-16H2,1-3H3,(H,31,40)(H,32,42)(H,33,36)(H,34,41)(H,35,37)(H,38,39). The van der Waals surface area contributed by atoms with Gasteiger partial charge in [-0.2, -0.15) is 0 Å². The lowest BCUT2D eigenvalue weighted by molar-refractivity contribution is -0.143. The molecule has 0 saturated carbocycles. The molecule has 0 fully saturated rings. The van der Waals surface area contributed by atoms with Crippen molar-refractivity contribution in [2.75, 3.05) is 33.0 Å². The lowest BCUT2D eigenvalue weighted by atomic mass is 9.98. The van der Waals surface area contributed by atoms with Crippen LogP contribution in [0.1, 0.15) is 37.8 Å². The quantitative estimate of drug-likeness (QED) is 0.122. The van der Waals surface area contributed by atoms with E-state index in [2.05, 4.69) is 31.3 Å². The minimum Gasteiger partial charge on any atom is -0.480 e. The highest BCUT2D eigenvalue weighted by atomic mass is 16.5. The number of alkyl carbamates (subject to hydrolysis) is 1. The van der Waals surface area contributed by atoms with Crippen LogP contribution in [0.15, 0.2) is 48.5 Å². The Morgan fingerprint density at radius 1 is 0.773 bits per heavy atom. The number of benzene rings is 2. The van der Waals surface area contributed by atoms with Gasteiger partial charge < -0.3 is 41.2 Å². The van der Waals surface area contributed by atoms with Gasteiger partial charge in [0.05, 0.1) is 6.54 Å². The third-order valence-electron chi connectivity index (χ3n) is 6.77. The Balaban J connectivity index is 1.41. The highest BCUT2D eigenvalue weighted by molar-refractivity contribution is 5.94. The second kappa shape index (κ2) is 16.0. The van der Waals surface area contributed by atoms with Gasteiger partial charge in [-0.3, -0.25) is 19.2 Å². The lowest BCUT2D eigenvalue weighted by Crippen LogP contribution is -2.56. The van der Waals surface area contributed by atoms with E-state index < -0.39 is 67.5 Å². The zero-order valence-corrected chi connectivity index (χ0v) is 24.7. The third-order valence-corrected chi connectivity index (χ3v) is 6.77. The largest absolute Gasteiger partial charge is 0.480 e. The van der Waals surface area contributed by atoms with Gasteiger partial charge in [0.25, 0.3) is 0 Å². The Labute approximate surface area is 254 Å². The number of carboxylic acid groups (broad SMARTS) is 1. The first-order valence-corrected chi connectivity index (χ1v) is 14.0. The smallest absolute Gasteiger partial charge is 0.407 e. The zero-order chi connectivity index (χ0) is 32.2. The van der Waals surface area contributed by atoms with Crippen LogP contribution in [-0.4, -0.2) is 85.9 Å². The number of carbonyl (C=O) groups is 6. The van der Waals surface area contributed by atoms with Crippen LogP contribution in [0, 0.1) is 5.92 Å². The fourth-order valence-electron chi connectivity index (χ4n) is 4.58. The SMILES string of the molecule is CC(NC(=O)C(NC(=O)CNC(=O)OCC1c2ccccc2-c2ccccc21)C(C)C)C(=O)NCC(=O)NCOCC(=O)O. The molecule has 2 unspecified atom stereocenters. The molecule has 5 amide bonds. The number of carboxylic acids is 1. The van der Waals surface area contributed by atoms with Gasteiger partial charge in [0.2, 0.25) is 23.6 Å². The van der Waals surface area contributed by atoms with E-state index in [-0.39, 0.29) is 25.2 Å². The van der Waals surface area contributed by atoms with E-state index in [0.29, 0.717) is 0 Å². The molecule has 236 valence electrons. The molecule has 44 heavy (non-hydrogen) atoms. The average Bonchev–Trinajstić information content (AvgIpc) is 3.31. The Hall–Kier alpha value is -4.98. The maximum absolute atomic E-state index is 12.8. The van der Waals surface area contributed by atoms with E-state index in [1.807, 2.05) is 48.5 Å². The number of aliphatic carboxylic acids is 1. The zero-order valence-electron chi connectivity index (χ0n) is 24.7. The molecule has 1 aliphatic carbocycles. The summed E-state index contributed by atoms with van der Waals surface area (Å²) in [6.45, 7) is 3.08. The lowest BCUT2D eigenvalue weighted by Gasteiger charge is -2.24. The molecule has 0 aliphatic heterocycles. The summed E-state index contributed by atoms with van der Waals surface area (Å²) in [5.74, 6) is -4.25. The van der Waals surface area contributed by atoms with Crippen molar-refractivity contribution in [1.29, 1.82) is 0 Å². The molecule has 0 saturated heterocycles. The van der Waals surface area contributed by atoms with Crippen molar-refractivity contribution in [3.63, 3.8) is 0 Å². The van der Waals surface area contributed by atoms with Crippen molar-refractivity contribution >= 4 is 35.7 Å². The van der Waals surface area contributed by atoms with Crippen LogP contribution >= 0.6 is 0 Å². The maximum Gasteiger partial charge on any atom is 0.407 e. The summed E-state index contributed by atoms with van der Waals surface area (Å²) in [6, 6.07) is 13.8. The highest BCUT2D eigenvalue weighted by Gasteiger charge is 2.30. The second-order valence-corrected chi connectivity index (χ2v) is 10.4. The summed E-state index contributed by atoms with van der Waals surface area (Å²) in [6.07, 6.45) is -0.782. The summed E-state index contributed by atoms with van der Waals surface area (Å²) in [5, 5.41) is 20.5. The molecule has 0 heterocycles. The van der Waals surface area contributed by atoms with Crippen LogP contribution in [-0.2, 0) is 33.4 Å². The van der Waals surface area contributed by atoms with E-state index in [1.165, 1.54) is 6.92 Å². The van der Waals surface area contributed by atoms with Crippen molar-refractivity contribution in [3.05, 3.63) is 59.7 Å². The summed E-state index contributed by atoms with van der Waals surface area (Å²) >= 11 is 0. The van der Waals surface area contributed by atoms with Crippen LogP contribution in [0.5, 0.6) is 0 Å². The van der Waals surface area contributed by atoms with Crippen molar-refractivity contribution in [1.82, 2.24) is 26.6 Å². The van der Waals surface area contributed by atoms with E-state index >= 15 is 0 Å². The number of fused-ring (bicyclic) bond motifs is 3. The van der Waals surface area contributed by atoms with Crippen LogP contribution in [0.4, 0.5) is 4.79 Å². The Bertz CT molecular complexity index is 1330. The third kappa shape index (κ3) is 9.52. The Morgan fingerprint density at radius 3 is 1.95 bits per heavy atom. The molecule has 14 heteroatoms. The molecule has 0 spiro atoms. The summed E-state index contributed by atoms with van der Waals surface area (Å²) < 4.78 is 10.1. The normalized spacial score (nSPS) is 13.1. The topological polar surface area (TPSA) is 201 Å². The van der Waals surface area contributed by atoms with Crippen LogP contribution in [0.3, 0.4) is 0 Å². The molecule has 6 N–H and O–H groups in total. The average molecular weight is 612 g/mol. The van der Waals surface area contributed by atoms with Crippen LogP contribution < -0.4 is 26.6 Å². The summed E-state index contributed by atoms with van der Waals surface area (Å²) in [7, 11) is 0. The Morgan fingerprint density at radius 2 is 1.36 bits per heavy atom. The van der Waals surface area contributed by atoms with Crippen molar-refractivity contribution in [3.8, 4) is 11.1 Å². The first-order valence-electron chi connectivity index (χ1n) is 14.0. The van der Waals surface area contributed by atoms with E-state index in [9.17, 15) is 28.8 Å². The van der Waals surface area contributed by atoms with E-state index in [1.54, 1.807) is 13.8 Å². The van der Waals surface area contributed by atoms with Crippen LogP contribution in [0.2, 0.25) is 0 Å². The molecular formula is C30H37N5O9. The fourth-order valence-corrected chi connectivity index (χ4v) is 4.58. The molecule has 0 radical (unpaired) electrons. The highest BCUT2D eigenvalue weighted by Crippen LogP contribution is 2.44. The molecule has 2 aromatic carbocycles. The minimum atomic E-state index is -1.19. The minimum absolute atomic E-state index is 0.0820. The van der Waals surface area contributed by atoms with Gasteiger partial charge in [0, 0.05) is 5.92 Å². The number of hydrogen-bond donors (Lipinski definition) is 6. The van der Waals surface area contributed by atoms with E-state index in [0.717, 1.165) is 22.3 Å². The van der Waals surface area contributed by atoms with Gasteiger partial charge in [0.15, 0.2) is 0 Å². The molecular weight excluding hydrogens is 574 g/mol. The molecule has 2 aromatic rings. The number of carbonyl (C=O) groups excluding carboxylic acids is 5. The predicted octanol–water partition coefficient (Wildman–Crippen LogP) is 0.462. The summed E-state index contributed by atoms with van der Waals surface area (Å²) in [4.78, 5) is 72.3. The second-order valence-electron chi connectivity index (χ2n) is 10.4. The van der Waals surface area contributed by atoms with Crippen LogP contribution in [0.25, 0.3) is 11.1 Å². The van der Waals surface area contributed by atoms with Gasteiger partial charge in [0.1, 0.15) is 38.6 Å². The number of ether oxygens (including phenoxy) is 2. The summed E-state index contributed by atoms with van der Waals surface area (Å²) in [5.41, 5.74) is 4.29. The monoisotopic (exact) mass is 611 g/mol. The maximum atomic E-state index is 12.8. The first-order chi connectivity index (χ1) is 21.0. The van der Waals surface area contributed by atoms with Gasteiger partial charge >= 0.3 is 12.1 Å². The number of hydrogen-bond acceptors (Lipinski definition) is 8. The van der Waals surface area contributed by atoms with Crippen molar-refractivity contribution < 1.29 is 43.3 Å². The predicted molar refractivity (Wildman–Crippen MR) is 157 cm³/mol. The van der Waals surface area contributed by atoms with Crippen molar-refractivity contribution in [2.45, 2.75) is 38.8 Å². The molecule has 0 aromatic heterocycles. The van der Waals surface area contributed by atoms with Gasteiger partial charge in [-0.15, -0.1) is 0 Å². The van der Waals surface area contributed by atoms with E-state index in [4.69, 9.17) is 9.84 Å². The molecule has 1 aliphatic rings. The Kier molecular flexibility index (Phi) is 12.2. The fraction of sp³-hybridized carbons (Fsp3) is 0.400. The molecule has 3 rings (SSSR count). The molecule has 0 bridgehead atoms. The number of amides is 5. The van der Waals surface area contributed by atoms with Gasteiger partial charge in [-0.05, 0) is 35.1 Å². The number of rotatable bonds is 15. The molecule has 2 atom stereocenters. The molecule has 14 nitrogen and oxygen atoms in total. The number of nitrogens with one attached hydrogen (secondary N) is 5. The van der Waals surface area contributed by atoms with Gasteiger partial charge in [-0.25, -0.2) is 9.59 Å². The van der Waals surface area contributed by atoms with Crippen molar-refractivity contribution in [2.24, 2.45) is 5.92 Å². The first kappa shape index (κ1) is 33.5.